The Morgan fingerprint density at radius 3 is 1.34 bits per heavy atom. The van der Waals surface area contributed by atoms with Crippen LogP contribution in [-0.2, 0) is 34.2 Å². The molecule has 4 N–H and O–H groups in total. The van der Waals surface area contributed by atoms with Gasteiger partial charge in [-0.25, -0.2) is 40.7 Å². The van der Waals surface area contributed by atoms with Crippen LogP contribution < -0.4 is 11.3 Å². The number of hydrogen-bond donors (Lipinski definition) is 3. The Kier molecular flexibility index (Phi) is 12.3. The third-order valence-corrected chi connectivity index (χ3v) is 8.18. The van der Waals surface area contributed by atoms with Crippen LogP contribution in [0.1, 0.15) is 31.1 Å². The molecule has 0 atom stereocenters. The molecule has 3 aromatic carbocycles. The van der Waals surface area contributed by atoms with Crippen molar-refractivity contribution >= 4 is 47.4 Å². The molecule has 0 aliphatic rings. The fraction of sp³-hybridized carbons (Fsp3) is 0.160. The standard InChI is InChI=1S/C9H10O4S.C8H10N2O3S.C8H8O4S/c1-13-9(10)7-4-3-5-8(6-7)14(2,11)12;1-14(12,13)7-4-2-3-6(5-7)8(11)10-9;1-13(11,12)7-4-2-3-6(5-7)8(9)10/h3-6H,1-2H3;2-5H,9H2,1H3,(H,10,11);2-5H,1H3,(H,9,10). The molecule has 3 rings (SSSR count). The number of carbonyl (C=O) groups excluding carboxylic acids is 2. The van der Waals surface area contributed by atoms with Gasteiger partial charge in [-0.1, -0.05) is 18.2 Å². The summed E-state index contributed by atoms with van der Waals surface area (Å²) in [4.78, 5) is 32.9. The van der Waals surface area contributed by atoms with Crippen LogP contribution in [0.4, 0.5) is 0 Å². The number of methoxy groups -OCH3 is 1. The number of rotatable bonds is 6. The molecular formula is C25H28N2O11S3. The van der Waals surface area contributed by atoms with E-state index in [0.29, 0.717) is 0 Å². The maximum absolute atomic E-state index is 11.1. The molecule has 0 saturated heterocycles. The normalized spacial score (nSPS) is 11.0. The maximum atomic E-state index is 11.1. The van der Waals surface area contributed by atoms with Crippen molar-refractivity contribution in [2.24, 2.45) is 5.84 Å². The third kappa shape index (κ3) is 11.5. The van der Waals surface area contributed by atoms with Crippen molar-refractivity contribution in [3.8, 4) is 0 Å². The number of carboxylic acid groups (broad SMARTS) is 1. The minimum absolute atomic E-state index is 0.0207. The molecule has 0 aliphatic heterocycles. The maximum Gasteiger partial charge on any atom is 0.337 e. The number of aromatic carboxylic acids is 1. The van der Waals surface area contributed by atoms with Gasteiger partial charge in [-0.3, -0.25) is 10.2 Å². The monoisotopic (exact) mass is 628 g/mol. The van der Waals surface area contributed by atoms with E-state index in [9.17, 15) is 39.6 Å². The van der Waals surface area contributed by atoms with Gasteiger partial charge in [-0.05, 0) is 54.6 Å². The second kappa shape index (κ2) is 14.5. The van der Waals surface area contributed by atoms with Crippen LogP contribution in [0.3, 0.4) is 0 Å². The molecule has 0 heterocycles. The number of nitrogen functional groups attached to an aromatic ring is 1. The summed E-state index contributed by atoms with van der Waals surface area (Å²) < 4.78 is 71.1. The van der Waals surface area contributed by atoms with Crippen molar-refractivity contribution in [1.82, 2.24) is 5.43 Å². The summed E-state index contributed by atoms with van der Waals surface area (Å²) in [6, 6.07) is 16.6. The lowest BCUT2D eigenvalue weighted by Crippen LogP contribution is -2.30. The number of ether oxygens (including phenoxy) is 1. The minimum Gasteiger partial charge on any atom is -0.478 e. The second-order valence-corrected chi connectivity index (χ2v) is 14.2. The average Bonchev–Trinajstić information content (AvgIpc) is 2.91. The highest BCUT2D eigenvalue weighted by molar-refractivity contribution is 7.91. The number of carbonyl (C=O) groups is 3. The Labute approximate surface area is 237 Å². The fourth-order valence-electron chi connectivity index (χ4n) is 2.78. The number of amides is 1. The second-order valence-electron chi connectivity index (χ2n) is 8.17. The average molecular weight is 629 g/mol. The Morgan fingerprint density at radius 2 is 1.00 bits per heavy atom. The van der Waals surface area contributed by atoms with Gasteiger partial charge in [-0.2, -0.15) is 0 Å². The van der Waals surface area contributed by atoms with Crippen molar-refractivity contribution in [3.63, 3.8) is 0 Å². The molecule has 13 nitrogen and oxygen atoms in total. The van der Waals surface area contributed by atoms with Crippen LogP contribution >= 0.6 is 0 Å². The van der Waals surface area contributed by atoms with Gasteiger partial charge in [0.05, 0.1) is 32.9 Å². The van der Waals surface area contributed by atoms with E-state index in [2.05, 4.69) is 4.74 Å². The Bertz CT molecular complexity index is 1660. The van der Waals surface area contributed by atoms with Crippen LogP contribution in [0.2, 0.25) is 0 Å². The molecular weight excluding hydrogens is 600 g/mol. The van der Waals surface area contributed by atoms with Crippen LogP contribution in [0, 0.1) is 0 Å². The Hall–Kier alpha value is -4.12. The van der Waals surface area contributed by atoms with Gasteiger partial charge >= 0.3 is 11.9 Å². The number of sulfone groups is 3. The fourth-order valence-corrected chi connectivity index (χ4v) is 4.78. The van der Waals surface area contributed by atoms with E-state index in [1.807, 2.05) is 5.43 Å². The first-order valence-electron chi connectivity index (χ1n) is 11.0. The molecule has 0 saturated carbocycles. The highest BCUT2D eigenvalue weighted by atomic mass is 32.2. The summed E-state index contributed by atoms with van der Waals surface area (Å²) in [5, 5.41) is 8.58. The van der Waals surface area contributed by atoms with E-state index in [1.54, 1.807) is 0 Å². The summed E-state index contributed by atoms with van der Waals surface area (Å²) >= 11 is 0. The smallest absolute Gasteiger partial charge is 0.337 e. The van der Waals surface area contributed by atoms with Gasteiger partial charge in [-0.15, -0.1) is 0 Å². The van der Waals surface area contributed by atoms with Crippen molar-refractivity contribution in [3.05, 3.63) is 89.5 Å². The Balaban J connectivity index is 0.000000308. The number of hydrogen-bond acceptors (Lipinski definition) is 11. The SMILES string of the molecule is COC(=O)c1cccc(S(C)(=O)=O)c1.CS(=O)(=O)c1cccc(C(=O)NN)c1.CS(=O)(=O)c1cccc(C(=O)O)c1. The molecule has 0 unspecified atom stereocenters. The molecule has 0 fully saturated rings. The summed E-state index contributed by atoms with van der Waals surface area (Å²) in [6.07, 6.45) is 3.20. The van der Waals surface area contributed by atoms with E-state index < -0.39 is 47.4 Å². The molecule has 41 heavy (non-hydrogen) atoms. The van der Waals surface area contributed by atoms with Crippen LogP contribution in [0.25, 0.3) is 0 Å². The number of esters is 1. The van der Waals surface area contributed by atoms with E-state index in [4.69, 9.17) is 10.9 Å². The summed E-state index contributed by atoms with van der Waals surface area (Å²) in [5.74, 6) is 2.72. The molecule has 0 aromatic heterocycles. The molecule has 3 aromatic rings. The lowest BCUT2D eigenvalue weighted by atomic mass is 10.2. The lowest BCUT2D eigenvalue weighted by Gasteiger charge is -2.01. The topological polar surface area (TPSA) is 221 Å². The highest BCUT2D eigenvalue weighted by Gasteiger charge is 2.12. The van der Waals surface area contributed by atoms with E-state index >= 15 is 0 Å². The molecule has 0 spiro atoms. The first-order valence-corrected chi connectivity index (χ1v) is 16.7. The van der Waals surface area contributed by atoms with Gasteiger partial charge in [0.25, 0.3) is 5.91 Å². The lowest BCUT2D eigenvalue weighted by molar-refractivity contribution is 0.0599. The quantitative estimate of drug-likeness (QED) is 0.152. The van der Waals surface area contributed by atoms with Crippen LogP contribution in [-0.4, -0.2) is 74.1 Å². The number of carboxylic acids is 1. The number of nitrogens with two attached hydrogens (primary N) is 1. The van der Waals surface area contributed by atoms with E-state index in [0.717, 1.165) is 24.8 Å². The van der Waals surface area contributed by atoms with E-state index in [-0.39, 0.29) is 31.4 Å². The first kappa shape index (κ1) is 34.9. The first-order chi connectivity index (χ1) is 18.8. The molecule has 0 radical (unpaired) electrons. The molecule has 0 bridgehead atoms. The van der Waals surface area contributed by atoms with Gasteiger partial charge in [0, 0.05) is 24.3 Å². The van der Waals surface area contributed by atoms with Gasteiger partial charge in [0.2, 0.25) is 0 Å². The van der Waals surface area contributed by atoms with Crippen molar-refractivity contribution in [2.45, 2.75) is 14.7 Å². The predicted octanol–water partition coefficient (Wildman–Crippen LogP) is 1.36. The summed E-state index contributed by atoms with van der Waals surface area (Å²) in [5.41, 5.74) is 2.35. The minimum atomic E-state index is -3.32. The molecule has 0 aliphatic carbocycles. The van der Waals surface area contributed by atoms with Crippen LogP contribution in [0.15, 0.2) is 87.5 Å². The van der Waals surface area contributed by atoms with Gasteiger partial charge in [0.1, 0.15) is 0 Å². The molecule has 16 heteroatoms. The van der Waals surface area contributed by atoms with E-state index in [1.165, 1.54) is 73.8 Å². The molecule has 1 amide bonds. The predicted molar refractivity (Wildman–Crippen MR) is 149 cm³/mol. The Morgan fingerprint density at radius 1 is 0.659 bits per heavy atom. The third-order valence-electron chi connectivity index (χ3n) is 4.85. The largest absolute Gasteiger partial charge is 0.478 e. The zero-order chi connectivity index (χ0) is 31.6. The number of benzene rings is 3. The zero-order valence-corrected chi connectivity index (χ0v) is 24.7. The van der Waals surface area contributed by atoms with Gasteiger partial charge in [0.15, 0.2) is 29.5 Å². The summed E-state index contributed by atoms with van der Waals surface area (Å²) in [6.45, 7) is 0. The van der Waals surface area contributed by atoms with Crippen molar-refractivity contribution in [2.75, 3.05) is 25.9 Å². The van der Waals surface area contributed by atoms with Gasteiger partial charge < -0.3 is 9.84 Å². The van der Waals surface area contributed by atoms with Crippen molar-refractivity contribution in [1.29, 1.82) is 0 Å². The number of hydrazine groups is 1. The van der Waals surface area contributed by atoms with Crippen LogP contribution in [0.5, 0.6) is 0 Å². The number of nitrogens with one attached hydrogen (secondary N) is 1. The van der Waals surface area contributed by atoms with Crippen molar-refractivity contribution < 1.29 is 49.5 Å². The zero-order valence-electron chi connectivity index (χ0n) is 22.3. The molecule has 222 valence electrons. The summed E-state index contributed by atoms with van der Waals surface area (Å²) in [7, 11) is -8.64. The highest BCUT2D eigenvalue weighted by Crippen LogP contribution is 2.13.